The van der Waals surface area contributed by atoms with Crippen LogP contribution in [0.2, 0.25) is 0 Å². The fourth-order valence-corrected chi connectivity index (χ4v) is 4.97. The zero-order valence-corrected chi connectivity index (χ0v) is 24.6. The number of carbonyl (C=O) groups is 4. The predicted molar refractivity (Wildman–Crippen MR) is 161 cm³/mol. The second kappa shape index (κ2) is 13.3. The SMILES string of the molecule is CCOc1cc(/C=C2/NC(=O)N(CC(=O)Nc3ccccc3CC)C2=O)cc(I)c1OCc1cccc(C(=O)O)c1. The number of halogens is 1. The van der Waals surface area contributed by atoms with Crippen molar-refractivity contribution in [2.24, 2.45) is 0 Å². The van der Waals surface area contributed by atoms with Crippen molar-refractivity contribution in [1.29, 1.82) is 0 Å². The van der Waals surface area contributed by atoms with Crippen molar-refractivity contribution < 1.29 is 33.8 Å². The highest BCUT2D eigenvalue weighted by molar-refractivity contribution is 14.1. The minimum absolute atomic E-state index is 0.0224. The molecule has 0 unspecified atom stereocenters. The number of para-hydroxylation sites is 1. The fraction of sp³-hybridized carbons (Fsp3) is 0.200. The number of carboxylic acid groups (broad SMARTS) is 1. The minimum Gasteiger partial charge on any atom is -0.490 e. The maximum atomic E-state index is 13.0. The van der Waals surface area contributed by atoms with Gasteiger partial charge in [-0.05, 0) is 89.0 Å². The molecular formula is C30H28IN3O7. The van der Waals surface area contributed by atoms with Crippen LogP contribution in [-0.4, -0.2) is 47.0 Å². The van der Waals surface area contributed by atoms with Crippen LogP contribution in [0.5, 0.6) is 11.5 Å². The number of rotatable bonds is 11. The molecule has 0 radical (unpaired) electrons. The van der Waals surface area contributed by atoms with Crippen molar-refractivity contribution >= 4 is 58.2 Å². The zero-order valence-electron chi connectivity index (χ0n) is 22.4. The van der Waals surface area contributed by atoms with E-state index in [0.29, 0.717) is 38.5 Å². The van der Waals surface area contributed by atoms with Gasteiger partial charge in [-0.2, -0.15) is 0 Å². The number of benzene rings is 3. The lowest BCUT2D eigenvalue weighted by molar-refractivity contribution is -0.127. The maximum absolute atomic E-state index is 13.0. The van der Waals surface area contributed by atoms with Gasteiger partial charge in [0, 0.05) is 5.69 Å². The van der Waals surface area contributed by atoms with Gasteiger partial charge in [-0.1, -0.05) is 37.3 Å². The number of hydrogen-bond donors (Lipinski definition) is 3. The molecule has 11 heteroatoms. The number of carbonyl (C=O) groups excluding carboxylic acids is 3. The third kappa shape index (κ3) is 7.23. The van der Waals surface area contributed by atoms with E-state index in [-0.39, 0.29) is 17.9 Å². The van der Waals surface area contributed by atoms with Crippen LogP contribution in [0.1, 0.15) is 40.9 Å². The van der Waals surface area contributed by atoms with Crippen LogP contribution in [0, 0.1) is 3.57 Å². The molecule has 4 amide bonds. The Morgan fingerprint density at radius 3 is 2.56 bits per heavy atom. The molecule has 3 N–H and O–H groups in total. The van der Waals surface area contributed by atoms with Crippen molar-refractivity contribution in [3.05, 3.63) is 92.2 Å². The molecule has 3 aromatic carbocycles. The molecule has 1 aliphatic rings. The first kappa shape index (κ1) is 29.6. The molecular weight excluding hydrogens is 641 g/mol. The summed E-state index contributed by atoms with van der Waals surface area (Å²) in [6.45, 7) is 3.82. The lowest BCUT2D eigenvalue weighted by Crippen LogP contribution is -2.38. The molecule has 3 aromatic rings. The minimum atomic E-state index is -1.02. The molecule has 10 nitrogen and oxygen atoms in total. The summed E-state index contributed by atoms with van der Waals surface area (Å²) in [6, 6.07) is 16.5. The van der Waals surface area contributed by atoms with Gasteiger partial charge in [-0.15, -0.1) is 0 Å². The summed E-state index contributed by atoms with van der Waals surface area (Å²) in [7, 11) is 0. The first-order valence-electron chi connectivity index (χ1n) is 12.8. The third-order valence-electron chi connectivity index (χ3n) is 6.14. The normalized spacial score (nSPS) is 13.7. The largest absolute Gasteiger partial charge is 0.490 e. The molecule has 0 spiro atoms. The molecule has 41 heavy (non-hydrogen) atoms. The molecule has 1 aliphatic heterocycles. The number of ether oxygens (including phenoxy) is 2. The molecule has 1 heterocycles. The number of hydrogen-bond acceptors (Lipinski definition) is 6. The quantitative estimate of drug-likeness (QED) is 0.148. The van der Waals surface area contributed by atoms with Crippen LogP contribution in [-0.2, 0) is 22.6 Å². The van der Waals surface area contributed by atoms with Crippen LogP contribution >= 0.6 is 22.6 Å². The van der Waals surface area contributed by atoms with Crippen LogP contribution < -0.4 is 20.1 Å². The molecule has 1 saturated heterocycles. The van der Waals surface area contributed by atoms with Gasteiger partial charge in [0.2, 0.25) is 5.91 Å². The van der Waals surface area contributed by atoms with Crippen LogP contribution in [0.15, 0.2) is 66.4 Å². The lowest BCUT2D eigenvalue weighted by Gasteiger charge is -2.15. The second-order valence-corrected chi connectivity index (χ2v) is 10.2. The number of imide groups is 1. The second-order valence-electron chi connectivity index (χ2n) is 9.00. The maximum Gasteiger partial charge on any atom is 0.335 e. The summed E-state index contributed by atoms with van der Waals surface area (Å²) in [5.41, 5.74) is 3.01. The van der Waals surface area contributed by atoms with E-state index < -0.39 is 30.4 Å². The monoisotopic (exact) mass is 669 g/mol. The Kier molecular flexibility index (Phi) is 9.61. The Morgan fingerprint density at radius 1 is 1.05 bits per heavy atom. The van der Waals surface area contributed by atoms with Crippen molar-refractivity contribution in [2.75, 3.05) is 18.5 Å². The Hall–Kier alpha value is -4.39. The molecule has 0 bridgehead atoms. The smallest absolute Gasteiger partial charge is 0.335 e. The first-order chi connectivity index (χ1) is 19.7. The van der Waals surface area contributed by atoms with E-state index in [2.05, 4.69) is 33.2 Å². The van der Waals surface area contributed by atoms with Crippen LogP contribution in [0.4, 0.5) is 10.5 Å². The number of amides is 4. The topological polar surface area (TPSA) is 134 Å². The van der Waals surface area contributed by atoms with E-state index in [4.69, 9.17) is 9.47 Å². The number of anilines is 1. The van der Waals surface area contributed by atoms with E-state index in [1.54, 1.807) is 36.4 Å². The van der Waals surface area contributed by atoms with Crippen molar-refractivity contribution in [1.82, 2.24) is 10.2 Å². The Bertz CT molecular complexity index is 1540. The van der Waals surface area contributed by atoms with Gasteiger partial charge >= 0.3 is 12.0 Å². The highest BCUT2D eigenvalue weighted by Crippen LogP contribution is 2.36. The first-order valence-corrected chi connectivity index (χ1v) is 13.9. The number of nitrogens with one attached hydrogen (secondary N) is 2. The van der Waals surface area contributed by atoms with Crippen molar-refractivity contribution in [2.45, 2.75) is 26.9 Å². The average Bonchev–Trinajstić information content (AvgIpc) is 3.20. The zero-order chi connectivity index (χ0) is 29.5. The van der Waals surface area contributed by atoms with Gasteiger partial charge in [-0.3, -0.25) is 9.59 Å². The Morgan fingerprint density at radius 2 is 1.83 bits per heavy atom. The summed E-state index contributed by atoms with van der Waals surface area (Å²) in [4.78, 5) is 50.4. The highest BCUT2D eigenvalue weighted by atomic mass is 127. The van der Waals surface area contributed by atoms with Gasteiger partial charge in [0.05, 0.1) is 15.7 Å². The average molecular weight is 669 g/mol. The van der Waals surface area contributed by atoms with Gasteiger partial charge in [0.25, 0.3) is 5.91 Å². The van der Waals surface area contributed by atoms with E-state index >= 15 is 0 Å². The van der Waals surface area contributed by atoms with Gasteiger partial charge in [-0.25, -0.2) is 14.5 Å². The molecule has 1 fully saturated rings. The van der Waals surface area contributed by atoms with Crippen LogP contribution in [0.3, 0.4) is 0 Å². The molecule has 212 valence electrons. The number of carboxylic acids is 1. The number of aryl methyl sites for hydroxylation is 1. The van der Waals surface area contributed by atoms with Crippen molar-refractivity contribution in [3.63, 3.8) is 0 Å². The van der Waals surface area contributed by atoms with E-state index in [1.165, 1.54) is 18.2 Å². The molecule has 0 aromatic heterocycles. The Balaban J connectivity index is 1.49. The summed E-state index contributed by atoms with van der Waals surface area (Å²) >= 11 is 2.08. The van der Waals surface area contributed by atoms with Gasteiger partial charge in [0.1, 0.15) is 18.8 Å². The van der Waals surface area contributed by atoms with E-state index in [9.17, 15) is 24.3 Å². The van der Waals surface area contributed by atoms with E-state index in [0.717, 1.165) is 16.9 Å². The predicted octanol–water partition coefficient (Wildman–Crippen LogP) is 5.06. The summed E-state index contributed by atoms with van der Waals surface area (Å²) in [5.74, 6) is -1.26. The van der Waals surface area contributed by atoms with Gasteiger partial charge < -0.3 is 25.2 Å². The molecule has 0 saturated carbocycles. The molecule has 4 rings (SSSR count). The van der Waals surface area contributed by atoms with Gasteiger partial charge in [0.15, 0.2) is 11.5 Å². The van der Waals surface area contributed by atoms with E-state index in [1.807, 2.05) is 26.0 Å². The number of nitrogens with zero attached hydrogens (tertiary/aromatic N) is 1. The Labute approximate surface area is 250 Å². The third-order valence-corrected chi connectivity index (χ3v) is 6.94. The van der Waals surface area contributed by atoms with Crippen molar-refractivity contribution in [3.8, 4) is 11.5 Å². The number of aromatic carboxylic acids is 1. The molecule has 0 atom stereocenters. The molecule has 0 aliphatic carbocycles. The fourth-order valence-electron chi connectivity index (χ4n) is 4.19. The number of urea groups is 1. The standard InChI is InChI=1S/C30H28IN3O7/c1-3-20-9-5-6-11-23(20)32-26(35)16-34-28(36)24(33-30(34)39)14-19-13-22(31)27(25(15-19)40-4-2)41-17-18-8-7-10-21(12-18)29(37)38/h5-15H,3-4,16-17H2,1-2H3,(H,32,35)(H,33,39)(H,37,38)/b24-14+. The van der Waals surface area contributed by atoms with Crippen LogP contribution in [0.25, 0.3) is 6.08 Å². The summed E-state index contributed by atoms with van der Waals surface area (Å²) in [6.07, 6.45) is 2.23. The summed E-state index contributed by atoms with van der Waals surface area (Å²) < 4.78 is 12.5. The lowest BCUT2D eigenvalue weighted by atomic mass is 10.1. The summed E-state index contributed by atoms with van der Waals surface area (Å²) in [5, 5.41) is 14.5. The highest BCUT2D eigenvalue weighted by Gasteiger charge is 2.35.